The number of benzene rings is 1. The van der Waals surface area contributed by atoms with Crippen molar-refractivity contribution in [2.24, 2.45) is 11.7 Å². The molecular formula is C19H32ClN3O3S. The molecule has 8 heteroatoms. The minimum absolute atomic E-state index is 0. The van der Waals surface area contributed by atoms with Gasteiger partial charge < -0.3 is 10.6 Å². The third kappa shape index (κ3) is 5.22. The lowest BCUT2D eigenvalue weighted by molar-refractivity contribution is 0.0773. The molecular weight excluding hydrogens is 386 g/mol. The van der Waals surface area contributed by atoms with Crippen LogP contribution in [0.3, 0.4) is 0 Å². The maximum absolute atomic E-state index is 12.9. The van der Waals surface area contributed by atoms with Gasteiger partial charge in [-0.2, -0.15) is 0 Å². The molecule has 2 atom stereocenters. The first-order valence-electron chi connectivity index (χ1n) is 9.43. The van der Waals surface area contributed by atoms with Gasteiger partial charge in [-0.15, -0.1) is 12.4 Å². The summed E-state index contributed by atoms with van der Waals surface area (Å²) in [4.78, 5) is 14.2. The number of hydrogen-bond donors (Lipinski definition) is 2. The highest BCUT2D eigenvalue weighted by molar-refractivity contribution is 7.89. The van der Waals surface area contributed by atoms with Gasteiger partial charge in [-0.25, -0.2) is 13.1 Å². The average Bonchev–Trinajstić information content (AvgIpc) is 2.64. The van der Waals surface area contributed by atoms with Crippen LogP contribution in [-0.2, 0) is 10.0 Å². The first-order chi connectivity index (χ1) is 12.3. The Morgan fingerprint density at radius 3 is 2.30 bits per heavy atom. The summed E-state index contributed by atoms with van der Waals surface area (Å²) in [5.74, 6) is 0.103. The summed E-state index contributed by atoms with van der Waals surface area (Å²) >= 11 is 0. The second kappa shape index (κ2) is 9.87. The summed E-state index contributed by atoms with van der Waals surface area (Å²) in [5.41, 5.74) is 5.87. The molecule has 1 fully saturated rings. The minimum atomic E-state index is -3.69. The van der Waals surface area contributed by atoms with E-state index < -0.39 is 15.6 Å². The number of sulfonamides is 1. The second-order valence-corrected chi connectivity index (χ2v) is 8.80. The van der Waals surface area contributed by atoms with Crippen LogP contribution < -0.4 is 10.5 Å². The third-order valence-electron chi connectivity index (χ3n) is 5.62. The number of nitrogens with two attached hydrogens (primary N) is 1. The monoisotopic (exact) mass is 417 g/mol. The molecule has 1 aromatic carbocycles. The molecule has 1 amide bonds. The van der Waals surface area contributed by atoms with E-state index in [9.17, 15) is 13.2 Å². The highest BCUT2D eigenvalue weighted by atomic mass is 35.5. The molecule has 1 aliphatic rings. The first-order valence-corrected chi connectivity index (χ1v) is 10.9. The molecule has 0 spiro atoms. The van der Waals surface area contributed by atoms with Crippen molar-refractivity contribution in [1.29, 1.82) is 0 Å². The topological polar surface area (TPSA) is 92.5 Å². The summed E-state index contributed by atoms with van der Waals surface area (Å²) in [7, 11) is -3.69. The smallest absolute Gasteiger partial charge is 0.253 e. The van der Waals surface area contributed by atoms with Crippen molar-refractivity contribution in [3.8, 4) is 0 Å². The van der Waals surface area contributed by atoms with Gasteiger partial charge in [0.2, 0.25) is 10.0 Å². The SMILES string of the molecule is CCN(CC)C(=O)c1ccc(S(=O)(=O)NC2(CN)CCCCC2C)cc1.Cl. The van der Waals surface area contributed by atoms with Crippen LogP contribution in [0, 0.1) is 5.92 Å². The molecule has 6 nitrogen and oxygen atoms in total. The quantitative estimate of drug-likeness (QED) is 0.713. The molecule has 154 valence electrons. The van der Waals surface area contributed by atoms with Gasteiger partial charge in [-0.1, -0.05) is 19.8 Å². The van der Waals surface area contributed by atoms with Crippen LogP contribution in [-0.4, -0.2) is 44.4 Å². The Labute approximate surface area is 169 Å². The van der Waals surface area contributed by atoms with E-state index in [1.54, 1.807) is 17.0 Å². The molecule has 0 bridgehead atoms. The zero-order valence-electron chi connectivity index (χ0n) is 16.4. The summed E-state index contributed by atoms with van der Waals surface area (Å²) in [6, 6.07) is 6.15. The summed E-state index contributed by atoms with van der Waals surface area (Å²) < 4.78 is 28.6. The molecule has 0 heterocycles. The van der Waals surface area contributed by atoms with Gasteiger partial charge >= 0.3 is 0 Å². The molecule has 2 unspecified atom stereocenters. The maximum Gasteiger partial charge on any atom is 0.253 e. The molecule has 0 aliphatic heterocycles. The molecule has 1 aromatic rings. The Kier molecular flexibility index (Phi) is 8.73. The van der Waals surface area contributed by atoms with E-state index in [1.165, 1.54) is 12.1 Å². The number of nitrogens with zero attached hydrogens (tertiary/aromatic N) is 1. The second-order valence-electron chi connectivity index (χ2n) is 7.11. The Morgan fingerprint density at radius 2 is 1.81 bits per heavy atom. The summed E-state index contributed by atoms with van der Waals surface area (Å²) in [6.45, 7) is 7.41. The minimum Gasteiger partial charge on any atom is -0.339 e. The predicted octanol–water partition coefficient (Wildman–Crippen LogP) is 2.78. The Morgan fingerprint density at radius 1 is 1.22 bits per heavy atom. The fraction of sp³-hybridized carbons (Fsp3) is 0.632. The number of amides is 1. The van der Waals surface area contributed by atoms with Crippen molar-refractivity contribution in [1.82, 2.24) is 9.62 Å². The Bertz CT molecular complexity index is 720. The fourth-order valence-corrected chi connectivity index (χ4v) is 5.24. The lowest BCUT2D eigenvalue weighted by Crippen LogP contribution is -2.58. The van der Waals surface area contributed by atoms with Gasteiger partial charge in [-0.05, 0) is 56.9 Å². The molecule has 0 aromatic heterocycles. The van der Waals surface area contributed by atoms with Crippen LogP contribution >= 0.6 is 12.4 Å². The number of carbonyl (C=O) groups excluding carboxylic acids is 1. The highest BCUT2D eigenvalue weighted by Crippen LogP contribution is 2.34. The summed E-state index contributed by atoms with van der Waals surface area (Å²) in [5, 5.41) is 0. The van der Waals surface area contributed by atoms with Crippen LogP contribution in [0.4, 0.5) is 0 Å². The number of rotatable bonds is 7. The zero-order valence-corrected chi connectivity index (χ0v) is 18.0. The van der Waals surface area contributed by atoms with Gasteiger partial charge in [0.1, 0.15) is 0 Å². The molecule has 0 radical (unpaired) electrons. The molecule has 1 aliphatic carbocycles. The van der Waals surface area contributed by atoms with Gasteiger partial charge in [0.05, 0.1) is 4.90 Å². The number of hydrogen-bond acceptors (Lipinski definition) is 4. The van der Waals surface area contributed by atoms with Gasteiger partial charge in [0.15, 0.2) is 0 Å². The van der Waals surface area contributed by atoms with Crippen LogP contribution in [0.15, 0.2) is 29.2 Å². The van der Waals surface area contributed by atoms with E-state index in [0.29, 0.717) is 18.7 Å². The van der Waals surface area contributed by atoms with Crippen molar-refractivity contribution < 1.29 is 13.2 Å². The summed E-state index contributed by atoms with van der Waals surface area (Å²) in [6.07, 6.45) is 3.80. The lowest BCUT2D eigenvalue weighted by atomic mass is 9.74. The van der Waals surface area contributed by atoms with Crippen LogP contribution in [0.1, 0.15) is 56.8 Å². The van der Waals surface area contributed by atoms with Crippen LogP contribution in [0.2, 0.25) is 0 Å². The zero-order chi connectivity index (χ0) is 19.4. The van der Waals surface area contributed by atoms with E-state index in [-0.39, 0.29) is 35.7 Å². The molecule has 3 N–H and O–H groups in total. The highest BCUT2D eigenvalue weighted by Gasteiger charge is 2.40. The Balaban J connectivity index is 0.00000364. The lowest BCUT2D eigenvalue weighted by Gasteiger charge is -2.42. The van der Waals surface area contributed by atoms with E-state index in [4.69, 9.17) is 5.73 Å². The van der Waals surface area contributed by atoms with Gasteiger partial charge in [-0.3, -0.25) is 4.79 Å². The predicted molar refractivity (Wildman–Crippen MR) is 111 cm³/mol. The van der Waals surface area contributed by atoms with Crippen molar-refractivity contribution in [3.05, 3.63) is 29.8 Å². The average molecular weight is 418 g/mol. The maximum atomic E-state index is 12.9. The largest absolute Gasteiger partial charge is 0.339 e. The Hall–Kier alpha value is -1.15. The van der Waals surface area contributed by atoms with Crippen molar-refractivity contribution in [2.75, 3.05) is 19.6 Å². The number of nitrogens with one attached hydrogen (secondary N) is 1. The van der Waals surface area contributed by atoms with E-state index in [1.807, 2.05) is 13.8 Å². The first kappa shape index (κ1) is 23.9. The normalized spacial score (nSPS) is 22.7. The van der Waals surface area contributed by atoms with E-state index >= 15 is 0 Å². The molecule has 2 rings (SSSR count). The number of halogens is 1. The van der Waals surface area contributed by atoms with Crippen LogP contribution in [0.25, 0.3) is 0 Å². The van der Waals surface area contributed by atoms with Crippen molar-refractivity contribution in [2.45, 2.75) is 56.9 Å². The fourth-order valence-electron chi connectivity index (χ4n) is 3.71. The van der Waals surface area contributed by atoms with Crippen molar-refractivity contribution in [3.63, 3.8) is 0 Å². The standard InChI is InChI=1S/C19H31N3O3S.ClH/c1-4-22(5-2)18(23)16-9-11-17(12-10-16)26(24,25)21-19(14-20)13-7-6-8-15(19)3;/h9-12,15,21H,4-8,13-14,20H2,1-3H3;1H. The van der Waals surface area contributed by atoms with Gasteiger partial charge in [0.25, 0.3) is 5.91 Å². The van der Waals surface area contributed by atoms with Gasteiger partial charge in [0, 0.05) is 30.7 Å². The third-order valence-corrected chi connectivity index (χ3v) is 7.19. The van der Waals surface area contributed by atoms with E-state index in [0.717, 1.165) is 25.7 Å². The van der Waals surface area contributed by atoms with Crippen LogP contribution in [0.5, 0.6) is 0 Å². The molecule has 0 saturated heterocycles. The molecule has 1 saturated carbocycles. The molecule has 27 heavy (non-hydrogen) atoms. The van der Waals surface area contributed by atoms with Crippen molar-refractivity contribution >= 4 is 28.3 Å². The van der Waals surface area contributed by atoms with E-state index in [2.05, 4.69) is 11.6 Å². The number of carbonyl (C=O) groups is 1.